The topological polar surface area (TPSA) is 82.7 Å². The first-order valence-corrected chi connectivity index (χ1v) is 10.7. The van der Waals surface area contributed by atoms with Crippen molar-refractivity contribution in [3.63, 3.8) is 0 Å². The Bertz CT molecular complexity index is 1300. The van der Waals surface area contributed by atoms with E-state index in [4.69, 9.17) is 4.42 Å². The molecule has 0 unspecified atom stereocenters. The summed E-state index contributed by atoms with van der Waals surface area (Å²) < 4.78 is 6.15. The molecule has 7 heteroatoms. The summed E-state index contributed by atoms with van der Waals surface area (Å²) in [6, 6.07) is 14.6. The quantitative estimate of drug-likeness (QED) is 0.532. The number of nitrogens with zero attached hydrogens (tertiary/aromatic N) is 4. The zero-order chi connectivity index (χ0) is 22.1. The van der Waals surface area contributed by atoms with Gasteiger partial charge in [0.05, 0.1) is 16.5 Å². The van der Waals surface area contributed by atoms with Gasteiger partial charge in [0.15, 0.2) is 0 Å². The van der Waals surface area contributed by atoms with Crippen molar-refractivity contribution >= 4 is 16.9 Å². The Morgan fingerprint density at radius 2 is 1.69 bits per heavy atom. The normalized spacial score (nSPS) is 14.7. The van der Waals surface area contributed by atoms with Crippen molar-refractivity contribution in [1.82, 2.24) is 14.9 Å². The van der Waals surface area contributed by atoms with Crippen LogP contribution in [-0.4, -0.2) is 46.2 Å². The van der Waals surface area contributed by atoms with Gasteiger partial charge in [-0.05, 0) is 30.7 Å². The van der Waals surface area contributed by atoms with Crippen LogP contribution >= 0.6 is 0 Å². The lowest BCUT2D eigenvalue weighted by Crippen LogP contribution is -2.46. The lowest BCUT2D eigenvalue weighted by atomic mass is 10.0. The van der Waals surface area contributed by atoms with E-state index in [1.165, 1.54) is 0 Å². The number of aromatic hydroxyl groups is 1. The highest BCUT2D eigenvalue weighted by molar-refractivity contribution is 5.86. The lowest BCUT2D eigenvalue weighted by molar-refractivity contribution is 0.245. The highest BCUT2D eigenvalue weighted by Gasteiger charge is 2.23. The molecule has 5 rings (SSSR count). The molecule has 2 aromatic heterocycles. The highest BCUT2D eigenvalue weighted by Crippen LogP contribution is 2.31. The molecule has 162 valence electrons. The molecule has 1 aliphatic heterocycles. The van der Waals surface area contributed by atoms with Crippen molar-refractivity contribution in [3.8, 4) is 16.9 Å². The largest absolute Gasteiger partial charge is 0.507 e. The summed E-state index contributed by atoms with van der Waals surface area (Å²) in [5.74, 6) is 1.42. The Morgan fingerprint density at radius 3 is 2.41 bits per heavy atom. The number of anilines is 1. The number of aromatic nitrogens is 2. The van der Waals surface area contributed by atoms with Gasteiger partial charge < -0.3 is 14.4 Å². The van der Waals surface area contributed by atoms with Gasteiger partial charge in [-0.1, -0.05) is 30.3 Å². The fraction of sp³-hybridized carbons (Fsp3) is 0.240. The van der Waals surface area contributed by atoms with E-state index in [1.54, 1.807) is 31.5 Å². The van der Waals surface area contributed by atoms with E-state index in [-0.39, 0.29) is 11.2 Å². The van der Waals surface area contributed by atoms with Crippen LogP contribution in [0.1, 0.15) is 11.3 Å². The van der Waals surface area contributed by atoms with Crippen molar-refractivity contribution in [1.29, 1.82) is 0 Å². The van der Waals surface area contributed by atoms with Crippen LogP contribution in [0.2, 0.25) is 0 Å². The van der Waals surface area contributed by atoms with E-state index in [0.717, 1.165) is 37.7 Å². The molecule has 0 bridgehead atoms. The molecule has 7 nitrogen and oxygen atoms in total. The van der Waals surface area contributed by atoms with Crippen LogP contribution in [-0.2, 0) is 6.54 Å². The SMILES string of the molecule is Cc1oc2c(CN3CCN(c4ncccn4)CC3)c(O)ccc2c(=O)c1-c1ccccc1. The van der Waals surface area contributed by atoms with E-state index in [2.05, 4.69) is 19.8 Å². The zero-order valence-electron chi connectivity index (χ0n) is 17.9. The molecule has 2 aromatic carbocycles. The van der Waals surface area contributed by atoms with Gasteiger partial charge in [0.25, 0.3) is 0 Å². The molecule has 1 fully saturated rings. The van der Waals surface area contributed by atoms with Gasteiger partial charge in [0.2, 0.25) is 11.4 Å². The van der Waals surface area contributed by atoms with Crippen molar-refractivity contribution in [2.45, 2.75) is 13.5 Å². The third kappa shape index (κ3) is 3.71. The van der Waals surface area contributed by atoms with Crippen molar-refractivity contribution in [2.24, 2.45) is 0 Å². The molecule has 0 radical (unpaired) electrons. The van der Waals surface area contributed by atoms with Gasteiger partial charge in [-0.2, -0.15) is 0 Å². The molecular formula is C25H24N4O3. The molecule has 32 heavy (non-hydrogen) atoms. The number of rotatable bonds is 4. The molecule has 1 N–H and O–H groups in total. The van der Waals surface area contributed by atoms with Gasteiger partial charge in [-0.15, -0.1) is 0 Å². The number of hydrogen-bond acceptors (Lipinski definition) is 7. The molecule has 1 saturated heterocycles. The van der Waals surface area contributed by atoms with Crippen molar-refractivity contribution < 1.29 is 9.52 Å². The predicted molar refractivity (Wildman–Crippen MR) is 124 cm³/mol. The van der Waals surface area contributed by atoms with Crippen LogP contribution in [0.4, 0.5) is 5.95 Å². The van der Waals surface area contributed by atoms with E-state index in [1.807, 2.05) is 36.4 Å². The average Bonchev–Trinajstić information content (AvgIpc) is 2.83. The summed E-state index contributed by atoms with van der Waals surface area (Å²) in [5, 5.41) is 11.1. The van der Waals surface area contributed by atoms with E-state index in [9.17, 15) is 9.90 Å². The molecule has 4 aromatic rings. The van der Waals surface area contributed by atoms with Crippen LogP contribution in [0.15, 0.2) is 70.1 Å². The Labute approximate surface area is 185 Å². The fourth-order valence-electron chi connectivity index (χ4n) is 4.29. The second kappa shape index (κ2) is 8.43. The molecule has 0 aliphatic carbocycles. The second-order valence-corrected chi connectivity index (χ2v) is 7.98. The summed E-state index contributed by atoms with van der Waals surface area (Å²) in [4.78, 5) is 26.4. The van der Waals surface area contributed by atoms with Crippen molar-refractivity contribution in [2.75, 3.05) is 31.1 Å². The summed E-state index contributed by atoms with van der Waals surface area (Å²) in [6.45, 7) is 5.46. The van der Waals surface area contributed by atoms with E-state index < -0.39 is 0 Å². The predicted octanol–water partition coefficient (Wildman–Crippen LogP) is 3.59. The Morgan fingerprint density at radius 1 is 0.969 bits per heavy atom. The number of piperazine rings is 1. The Kier molecular flexibility index (Phi) is 5.33. The zero-order valence-corrected chi connectivity index (χ0v) is 17.9. The minimum absolute atomic E-state index is 0.0813. The monoisotopic (exact) mass is 428 g/mol. The number of phenols is 1. The molecule has 0 spiro atoms. The van der Waals surface area contributed by atoms with Gasteiger partial charge in [0, 0.05) is 45.1 Å². The number of benzene rings is 2. The molecule has 0 atom stereocenters. The average molecular weight is 428 g/mol. The third-order valence-electron chi connectivity index (χ3n) is 5.97. The van der Waals surface area contributed by atoms with Gasteiger partial charge >= 0.3 is 0 Å². The molecule has 1 aliphatic rings. The first-order chi connectivity index (χ1) is 15.6. The van der Waals surface area contributed by atoms with Crippen molar-refractivity contribution in [3.05, 3.63) is 82.5 Å². The van der Waals surface area contributed by atoms with Crippen LogP contribution in [0.25, 0.3) is 22.1 Å². The van der Waals surface area contributed by atoms with Crippen LogP contribution in [0.3, 0.4) is 0 Å². The summed E-state index contributed by atoms with van der Waals surface area (Å²) in [6.07, 6.45) is 3.49. The molecule has 0 amide bonds. The molecule has 0 saturated carbocycles. The maximum absolute atomic E-state index is 13.3. The van der Waals surface area contributed by atoms with Crippen LogP contribution in [0.5, 0.6) is 5.75 Å². The number of phenolic OH excluding ortho intramolecular Hbond substituents is 1. The summed E-state index contributed by atoms with van der Waals surface area (Å²) in [5.41, 5.74) is 2.41. The summed E-state index contributed by atoms with van der Waals surface area (Å²) in [7, 11) is 0. The standard InChI is InChI=1S/C25H24N4O3/c1-17-22(18-6-3-2-4-7-18)23(31)19-8-9-21(30)20(24(19)32-17)16-28-12-14-29(15-13-28)25-26-10-5-11-27-25/h2-11,30H,12-16H2,1H3. The first kappa shape index (κ1) is 20.2. The van der Waals surface area contributed by atoms with E-state index >= 15 is 0 Å². The Balaban J connectivity index is 1.45. The van der Waals surface area contributed by atoms with Gasteiger partial charge in [-0.25, -0.2) is 9.97 Å². The van der Waals surface area contributed by atoms with Crippen LogP contribution < -0.4 is 10.3 Å². The lowest BCUT2D eigenvalue weighted by Gasteiger charge is -2.34. The molecule has 3 heterocycles. The summed E-state index contributed by atoms with van der Waals surface area (Å²) >= 11 is 0. The van der Waals surface area contributed by atoms with Crippen LogP contribution in [0, 0.1) is 6.92 Å². The highest BCUT2D eigenvalue weighted by atomic mass is 16.3. The van der Waals surface area contributed by atoms with E-state index in [0.29, 0.717) is 34.4 Å². The minimum Gasteiger partial charge on any atom is -0.507 e. The number of hydrogen-bond donors (Lipinski definition) is 1. The fourth-order valence-corrected chi connectivity index (χ4v) is 4.29. The maximum atomic E-state index is 13.3. The molecular weight excluding hydrogens is 404 g/mol. The maximum Gasteiger partial charge on any atom is 0.225 e. The third-order valence-corrected chi connectivity index (χ3v) is 5.97. The Hall–Kier alpha value is -3.71. The second-order valence-electron chi connectivity index (χ2n) is 7.98. The number of aryl methyl sites for hydroxylation is 1. The minimum atomic E-state index is -0.0813. The van der Waals surface area contributed by atoms with Gasteiger partial charge in [0.1, 0.15) is 17.1 Å². The number of fused-ring (bicyclic) bond motifs is 1. The smallest absolute Gasteiger partial charge is 0.225 e. The first-order valence-electron chi connectivity index (χ1n) is 10.7. The van der Waals surface area contributed by atoms with Gasteiger partial charge in [-0.3, -0.25) is 9.69 Å².